The van der Waals surface area contributed by atoms with Crippen LogP contribution in [-0.4, -0.2) is 22.2 Å². The highest BCUT2D eigenvalue weighted by molar-refractivity contribution is 6.03. The molecule has 5 nitrogen and oxygen atoms in total. The normalized spacial score (nSPS) is 10.6. The van der Waals surface area contributed by atoms with E-state index >= 15 is 0 Å². The lowest BCUT2D eigenvalue weighted by molar-refractivity contribution is 0.102. The van der Waals surface area contributed by atoms with Crippen LogP contribution in [0, 0.1) is 0 Å². The van der Waals surface area contributed by atoms with Crippen LogP contribution in [0.2, 0.25) is 0 Å². The Morgan fingerprint density at radius 3 is 2.60 bits per heavy atom. The van der Waals surface area contributed by atoms with E-state index in [1.54, 1.807) is 24.3 Å². The largest absolute Gasteiger partial charge is 0.491 e. The van der Waals surface area contributed by atoms with E-state index < -0.39 is 0 Å². The minimum Gasteiger partial charge on any atom is -0.491 e. The summed E-state index contributed by atoms with van der Waals surface area (Å²) >= 11 is 0. The molecule has 0 fully saturated rings. The summed E-state index contributed by atoms with van der Waals surface area (Å²) in [6.07, 6.45) is 0.968. The Hall–Kier alpha value is -2.30. The standard InChI is InChI=1S/C15H19N3O2/c1-4-12-9-14(18-17-12)16-15(19)11-5-7-13(8-6-11)20-10(2)3/h5-10H,4H2,1-3H3,(H2,16,17,18,19). The molecule has 0 atom stereocenters. The van der Waals surface area contributed by atoms with Crippen molar-refractivity contribution in [2.24, 2.45) is 0 Å². The van der Waals surface area contributed by atoms with E-state index in [4.69, 9.17) is 4.74 Å². The van der Waals surface area contributed by atoms with Gasteiger partial charge in [0.2, 0.25) is 0 Å². The number of anilines is 1. The van der Waals surface area contributed by atoms with E-state index in [2.05, 4.69) is 15.5 Å². The summed E-state index contributed by atoms with van der Waals surface area (Å²) in [5.41, 5.74) is 1.56. The van der Waals surface area contributed by atoms with Crippen molar-refractivity contribution < 1.29 is 9.53 Å². The summed E-state index contributed by atoms with van der Waals surface area (Å²) in [5, 5.41) is 9.64. The van der Waals surface area contributed by atoms with Crippen LogP contribution in [0.25, 0.3) is 0 Å². The molecule has 2 rings (SSSR count). The molecular weight excluding hydrogens is 254 g/mol. The highest BCUT2D eigenvalue weighted by atomic mass is 16.5. The molecule has 0 saturated carbocycles. The van der Waals surface area contributed by atoms with Crippen LogP contribution in [0.15, 0.2) is 30.3 Å². The lowest BCUT2D eigenvalue weighted by Gasteiger charge is -2.09. The molecule has 5 heteroatoms. The number of rotatable bonds is 5. The van der Waals surface area contributed by atoms with E-state index in [1.165, 1.54) is 0 Å². The molecule has 0 aliphatic rings. The summed E-state index contributed by atoms with van der Waals surface area (Å²) < 4.78 is 5.54. The zero-order chi connectivity index (χ0) is 14.5. The van der Waals surface area contributed by atoms with Crippen LogP contribution >= 0.6 is 0 Å². The third-order valence-electron chi connectivity index (χ3n) is 2.74. The number of aromatic amines is 1. The van der Waals surface area contributed by atoms with E-state index in [9.17, 15) is 4.79 Å². The predicted molar refractivity (Wildman–Crippen MR) is 78.1 cm³/mol. The maximum atomic E-state index is 12.0. The number of hydrogen-bond acceptors (Lipinski definition) is 3. The molecule has 0 saturated heterocycles. The maximum Gasteiger partial charge on any atom is 0.256 e. The second kappa shape index (κ2) is 6.23. The Morgan fingerprint density at radius 1 is 1.35 bits per heavy atom. The number of carbonyl (C=O) groups excluding carboxylic acids is 1. The molecule has 1 aromatic heterocycles. The summed E-state index contributed by atoms with van der Waals surface area (Å²) in [7, 11) is 0. The van der Waals surface area contributed by atoms with Gasteiger partial charge in [0.15, 0.2) is 5.82 Å². The molecule has 2 N–H and O–H groups in total. The van der Waals surface area contributed by atoms with Gasteiger partial charge in [-0.25, -0.2) is 0 Å². The van der Waals surface area contributed by atoms with Gasteiger partial charge in [0.25, 0.3) is 5.91 Å². The van der Waals surface area contributed by atoms with Gasteiger partial charge in [-0.15, -0.1) is 0 Å². The zero-order valence-corrected chi connectivity index (χ0v) is 11.9. The van der Waals surface area contributed by atoms with Gasteiger partial charge < -0.3 is 10.1 Å². The predicted octanol–water partition coefficient (Wildman–Crippen LogP) is 3.01. The Kier molecular flexibility index (Phi) is 4.40. The summed E-state index contributed by atoms with van der Waals surface area (Å²) in [5.74, 6) is 1.11. The molecule has 20 heavy (non-hydrogen) atoms. The van der Waals surface area contributed by atoms with Crippen LogP contribution in [0.3, 0.4) is 0 Å². The van der Waals surface area contributed by atoms with Gasteiger partial charge in [-0.2, -0.15) is 5.10 Å². The Labute approximate surface area is 118 Å². The van der Waals surface area contributed by atoms with Crippen molar-refractivity contribution in [3.8, 4) is 5.75 Å². The second-order valence-corrected chi connectivity index (χ2v) is 4.78. The fourth-order valence-corrected chi connectivity index (χ4v) is 1.75. The smallest absolute Gasteiger partial charge is 0.256 e. The van der Waals surface area contributed by atoms with E-state index in [1.807, 2.05) is 26.8 Å². The average Bonchev–Trinajstić information content (AvgIpc) is 2.86. The second-order valence-electron chi connectivity index (χ2n) is 4.78. The van der Waals surface area contributed by atoms with Crippen molar-refractivity contribution in [1.82, 2.24) is 10.2 Å². The Morgan fingerprint density at radius 2 is 2.05 bits per heavy atom. The molecular formula is C15H19N3O2. The Bertz CT molecular complexity index is 573. The van der Waals surface area contributed by atoms with Gasteiger partial charge in [0.05, 0.1) is 6.10 Å². The number of aryl methyl sites for hydroxylation is 1. The van der Waals surface area contributed by atoms with Crippen molar-refractivity contribution in [3.05, 3.63) is 41.6 Å². The van der Waals surface area contributed by atoms with Crippen LogP contribution in [0.1, 0.15) is 36.8 Å². The lowest BCUT2D eigenvalue weighted by Crippen LogP contribution is -2.12. The molecule has 106 valence electrons. The first-order valence-corrected chi connectivity index (χ1v) is 6.71. The molecule has 1 heterocycles. The Balaban J connectivity index is 2.01. The first kappa shape index (κ1) is 14.1. The van der Waals surface area contributed by atoms with E-state index in [0.717, 1.165) is 17.9 Å². The van der Waals surface area contributed by atoms with Crippen molar-refractivity contribution >= 4 is 11.7 Å². The quantitative estimate of drug-likeness (QED) is 0.880. The lowest BCUT2D eigenvalue weighted by atomic mass is 10.2. The van der Waals surface area contributed by atoms with Gasteiger partial charge >= 0.3 is 0 Å². The van der Waals surface area contributed by atoms with Gasteiger partial charge in [-0.05, 0) is 44.5 Å². The van der Waals surface area contributed by atoms with Crippen molar-refractivity contribution in [1.29, 1.82) is 0 Å². The molecule has 1 aromatic carbocycles. The van der Waals surface area contributed by atoms with Gasteiger partial charge in [0.1, 0.15) is 5.75 Å². The number of hydrogen-bond donors (Lipinski definition) is 2. The minimum atomic E-state index is -0.185. The van der Waals surface area contributed by atoms with Gasteiger partial charge in [-0.3, -0.25) is 9.89 Å². The number of nitrogens with zero attached hydrogens (tertiary/aromatic N) is 1. The minimum absolute atomic E-state index is 0.117. The fraction of sp³-hybridized carbons (Fsp3) is 0.333. The van der Waals surface area contributed by atoms with Gasteiger partial charge in [0, 0.05) is 17.3 Å². The molecule has 0 unspecified atom stereocenters. The number of aromatic nitrogens is 2. The van der Waals surface area contributed by atoms with Crippen LogP contribution < -0.4 is 10.1 Å². The van der Waals surface area contributed by atoms with Crippen molar-refractivity contribution in [3.63, 3.8) is 0 Å². The fourth-order valence-electron chi connectivity index (χ4n) is 1.75. The third-order valence-corrected chi connectivity index (χ3v) is 2.74. The number of benzene rings is 1. The monoisotopic (exact) mass is 273 g/mol. The first-order chi connectivity index (χ1) is 9.58. The number of ether oxygens (including phenoxy) is 1. The summed E-state index contributed by atoms with van der Waals surface area (Å²) in [6, 6.07) is 8.88. The number of amides is 1. The van der Waals surface area contributed by atoms with Crippen LogP contribution in [-0.2, 0) is 6.42 Å². The average molecular weight is 273 g/mol. The molecule has 0 aliphatic carbocycles. The highest BCUT2D eigenvalue weighted by Crippen LogP contribution is 2.15. The van der Waals surface area contributed by atoms with Crippen LogP contribution in [0.4, 0.5) is 5.82 Å². The molecule has 2 aromatic rings. The van der Waals surface area contributed by atoms with Crippen molar-refractivity contribution in [2.75, 3.05) is 5.32 Å². The number of nitrogens with one attached hydrogen (secondary N) is 2. The summed E-state index contributed by atoms with van der Waals surface area (Å²) in [4.78, 5) is 12.0. The maximum absolute atomic E-state index is 12.0. The topological polar surface area (TPSA) is 67.0 Å². The number of carbonyl (C=O) groups is 1. The third kappa shape index (κ3) is 3.60. The first-order valence-electron chi connectivity index (χ1n) is 6.71. The molecule has 0 bridgehead atoms. The molecule has 0 spiro atoms. The van der Waals surface area contributed by atoms with E-state index in [-0.39, 0.29) is 12.0 Å². The van der Waals surface area contributed by atoms with E-state index in [0.29, 0.717) is 11.4 Å². The molecule has 1 amide bonds. The summed E-state index contributed by atoms with van der Waals surface area (Å²) in [6.45, 7) is 5.94. The highest BCUT2D eigenvalue weighted by Gasteiger charge is 2.08. The van der Waals surface area contributed by atoms with Crippen molar-refractivity contribution in [2.45, 2.75) is 33.3 Å². The zero-order valence-electron chi connectivity index (χ0n) is 11.9. The van der Waals surface area contributed by atoms with Gasteiger partial charge in [-0.1, -0.05) is 6.92 Å². The molecule has 0 radical (unpaired) electrons. The van der Waals surface area contributed by atoms with Crippen LogP contribution in [0.5, 0.6) is 5.75 Å². The number of H-pyrrole nitrogens is 1. The molecule has 0 aliphatic heterocycles. The SMILES string of the molecule is CCc1cc(NC(=O)c2ccc(OC(C)C)cc2)n[nH]1.